The van der Waals surface area contributed by atoms with Crippen LogP contribution in [0, 0.1) is 5.41 Å². The lowest BCUT2D eigenvalue weighted by atomic mass is 9.69. The van der Waals surface area contributed by atoms with E-state index in [1.165, 1.54) is 50.9 Å². The Balaban J connectivity index is 1.72. The van der Waals surface area contributed by atoms with E-state index in [2.05, 4.69) is 47.5 Å². The number of hydrogen-bond acceptors (Lipinski definition) is 2. The number of piperidine rings is 2. The van der Waals surface area contributed by atoms with E-state index in [4.69, 9.17) is 0 Å². The Morgan fingerprint density at radius 3 is 2.74 bits per heavy atom. The lowest BCUT2D eigenvalue weighted by molar-refractivity contribution is 0.000775. The first-order chi connectivity index (χ1) is 9.30. The molecular formula is C17H26N2. The van der Waals surface area contributed by atoms with Crippen molar-refractivity contribution >= 4 is 0 Å². The van der Waals surface area contributed by atoms with Crippen LogP contribution in [-0.4, -0.2) is 30.6 Å². The molecule has 2 saturated heterocycles. The maximum absolute atomic E-state index is 3.63. The van der Waals surface area contributed by atoms with Crippen molar-refractivity contribution in [2.45, 2.75) is 45.2 Å². The number of hydrogen-bond donors (Lipinski definition) is 1. The van der Waals surface area contributed by atoms with Gasteiger partial charge in [0.25, 0.3) is 0 Å². The Morgan fingerprint density at radius 1 is 1.21 bits per heavy atom. The predicted molar refractivity (Wildman–Crippen MR) is 80.1 cm³/mol. The second-order valence-electron chi connectivity index (χ2n) is 6.38. The van der Waals surface area contributed by atoms with Crippen LogP contribution in [0.5, 0.6) is 0 Å². The van der Waals surface area contributed by atoms with Crippen molar-refractivity contribution in [1.82, 2.24) is 10.2 Å². The Hall–Kier alpha value is -0.860. The summed E-state index contributed by atoms with van der Waals surface area (Å²) in [5, 5.41) is 3.63. The van der Waals surface area contributed by atoms with Gasteiger partial charge in [-0.3, -0.25) is 4.90 Å². The molecule has 2 fully saturated rings. The maximum atomic E-state index is 3.63. The summed E-state index contributed by atoms with van der Waals surface area (Å²) in [5.41, 5.74) is 1.99. The summed E-state index contributed by atoms with van der Waals surface area (Å²) >= 11 is 0. The standard InChI is InChI=1S/C17H26N2/c1-15-17(9-5-11-18-14-17)10-6-12-19(15)13-16-7-3-2-4-8-16/h2-4,7-8,15,18H,5-6,9-14H2,1H3. The van der Waals surface area contributed by atoms with Crippen LogP contribution in [0.3, 0.4) is 0 Å². The van der Waals surface area contributed by atoms with Gasteiger partial charge in [-0.15, -0.1) is 0 Å². The van der Waals surface area contributed by atoms with Crippen molar-refractivity contribution in [2.24, 2.45) is 5.41 Å². The fourth-order valence-electron chi connectivity index (χ4n) is 4.02. The Bertz CT molecular complexity index is 389. The van der Waals surface area contributed by atoms with Gasteiger partial charge in [0.15, 0.2) is 0 Å². The highest BCUT2D eigenvalue weighted by molar-refractivity contribution is 5.15. The molecule has 104 valence electrons. The third kappa shape index (κ3) is 2.70. The van der Waals surface area contributed by atoms with Crippen LogP contribution in [0.4, 0.5) is 0 Å². The predicted octanol–water partition coefficient (Wildman–Crippen LogP) is 3.04. The van der Waals surface area contributed by atoms with E-state index < -0.39 is 0 Å². The third-order valence-electron chi connectivity index (χ3n) is 5.29. The molecule has 19 heavy (non-hydrogen) atoms. The molecule has 2 nitrogen and oxygen atoms in total. The summed E-state index contributed by atoms with van der Waals surface area (Å²) in [4.78, 5) is 2.70. The average molecular weight is 258 g/mol. The third-order valence-corrected chi connectivity index (χ3v) is 5.29. The van der Waals surface area contributed by atoms with Crippen LogP contribution in [0.15, 0.2) is 30.3 Å². The van der Waals surface area contributed by atoms with Gasteiger partial charge in [-0.25, -0.2) is 0 Å². The molecule has 0 aliphatic carbocycles. The number of likely N-dealkylation sites (tertiary alicyclic amines) is 1. The summed E-state index contributed by atoms with van der Waals surface area (Å²) in [7, 11) is 0. The molecule has 0 radical (unpaired) electrons. The van der Waals surface area contributed by atoms with Crippen LogP contribution < -0.4 is 5.32 Å². The molecule has 2 heterocycles. The van der Waals surface area contributed by atoms with Crippen molar-refractivity contribution in [2.75, 3.05) is 19.6 Å². The zero-order valence-electron chi connectivity index (χ0n) is 12.1. The van der Waals surface area contributed by atoms with Crippen LogP contribution in [0.25, 0.3) is 0 Å². The van der Waals surface area contributed by atoms with Gasteiger partial charge in [0.2, 0.25) is 0 Å². The Morgan fingerprint density at radius 2 is 2.00 bits per heavy atom. The molecule has 1 aromatic rings. The monoisotopic (exact) mass is 258 g/mol. The molecule has 0 amide bonds. The molecule has 2 atom stereocenters. The summed E-state index contributed by atoms with van der Waals surface area (Å²) in [6, 6.07) is 11.6. The summed E-state index contributed by atoms with van der Waals surface area (Å²) in [6.45, 7) is 7.27. The zero-order valence-corrected chi connectivity index (χ0v) is 12.1. The van der Waals surface area contributed by atoms with Gasteiger partial charge in [-0.2, -0.15) is 0 Å². The second-order valence-corrected chi connectivity index (χ2v) is 6.38. The van der Waals surface area contributed by atoms with Gasteiger partial charge < -0.3 is 5.32 Å². The molecule has 2 unspecified atom stereocenters. The highest BCUT2D eigenvalue weighted by atomic mass is 15.2. The molecule has 3 rings (SSSR count). The van der Waals surface area contributed by atoms with E-state index in [9.17, 15) is 0 Å². The van der Waals surface area contributed by atoms with E-state index >= 15 is 0 Å². The van der Waals surface area contributed by atoms with Crippen molar-refractivity contribution in [1.29, 1.82) is 0 Å². The van der Waals surface area contributed by atoms with Gasteiger partial charge in [0, 0.05) is 19.1 Å². The molecule has 0 bridgehead atoms. The van der Waals surface area contributed by atoms with Gasteiger partial charge in [0.05, 0.1) is 0 Å². The molecule has 2 aliphatic rings. The fraction of sp³-hybridized carbons (Fsp3) is 0.647. The zero-order chi connectivity index (χ0) is 13.1. The Kier molecular flexibility index (Phi) is 3.90. The summed E-state index contributed by atoms with van der Waals surface area (Å²) in [5.74, 6) is 0. The minimum Gasteiger partial charge on any atom is -0.316 e. The van der Waals surface area contributed by atoms with Gasteiger partial charge in [0.1, 0.15) is 0 Å². The van der Waals surface area contributed by atoms with Crippen molar-refractivity contribution in [3.05, 3.63) is 35.9 Å². The fourth-order valence-corrected chi connectivity index (χ4v) is 4.02. The van der Waals surface area contributed by atoms with E-state index in [0.717, 1.165) is 6.54 Å². The second kappa shape index (κ2) is 5.64. The van der Waals surface area contributed by atoms with Crippen LogP contribution in [0.1, 0.15) is 38.2 Å². The number of rotatable bonds is 2. The lowest BCUT2D eigenvalue weighted by Crippen LogP contribution is -2.56. The highest BCUT2D eigenvalue weighted by Crippen LogP contribution is 2.41. The SMILES string of the molecule is CC1N(Cc2ccccc2)CCCC12CCCNC2. The van der Waals surface area contributed by atoms with Gasteiger partial charge in [-0.05, 0) is 56.7 Å². The molecule has 1 aromatic carbocycles. The van der Waals surface area contributed by atoms with Gasteiger partial charge in [-0.1, -0.05) is 30.3 Å². The smallest absolute Gasteiger partial charge is 0.0236 e. The summed E-state index contributed by atoms with van der Waals surface area (Å²) < 4.78 is 0. The Labute approximate surface area is 117 Å². The largest absolute Gasteiger partial charge is 0.316 e. The first-order valence-corrected chi connectivity index (χ1v) is 7.79. The molecule has 2 heteroatoms. The van der Waals surface area contributed by atoms with Crippen LogP contribution in [-0.2, 0) is 6.54 Å². The van der Waals surface area contributed by atoms with Crippen LogP contribution in [0.2, 0.25) is 0 Å². The number of nitrogens with one attached hydrogen (secondary N) is 1. The van der Waals surface area contributed by atoms with Crippen molar-refractivity contribution in [3.8, 4) is 0 Å². The lowest BCUT2D eigenvalue weighted by Gasteiger charge is -2.51. The first kappa shape index (κ1) is 13.1. The molecule has 0 aromatic heterocycles. The molecule has 1 N–H and O–H groups in total. The van der Waals surface area contributed by atoms with Crippen LogP contribution >= 0.6 is 0 Å². The van der Waals surface area contributed by atoms with Gasteiger partial charge >= 0.3 is 0 Å². The summed E-state index contributed by atoms with van der Waals surface area (Å²) in [6.07, 6.45) is 5.53. The molecule has 1 spiro atoms. The van der Waals surface area contributed by atoms with E-state index in [0.29, 0.717) is 11.5 Å². The highest BCUT2D eigenvalue weighted by Gasteiger charge is 2.42. The van der Waals surface area contributed by atoms with Crippen molar-refractivity contribution in [3.63, 3.8) is 0 Å². The quantitative estimate of drug-likeness (QED) is 0.877. The number of nitrogens with zero attached hydrogens (tertiary/aromatic N) is 1. The minimum atomic E-state index is 0.533. The molecule has 2 aliphatic heterocycles. The maximum Gasteiger partial charge on any atom is 0.0236 e. The van der Waals surface area contributed by atoms with E-state index in [-0.39, 0.29) is 0 Å². The molecular weight excluding hydrogens is 232 g/mol. The van der Waals surface area contributed by atoms with Crippen molar-refractivity contribution < 1.29 is 0 Å². The normalized spacial score (nSPS) is 32.6. The van der Waals surface area contributed by atoms with E-state index in [1.807, 2.05) is 0 Å². The topological polar surface area (TPSA) is 15.3 Å². The van der Waals surface area contributed by atoms with E-state index in [1.54, 1.807) is 0 Å². The molecule has 0 saturated carbocycles. The first-order valence-electron chi connectivity index (χ1n) is 7.79. The average Bonchev–Trinajstić information content (AvgIpc) is 2.46. The minimum absolute atomic E-state index is 0.533. The number of benzene rings is 1.